The highest BCUT2D eigenvalue weighted by molar-refractivity contribution is 6.31. The fourth-order valence-corrected chi connectivity index (χ4v) is 2.48. The van der Waals surface area contributed by atoms with Gasteiger partial charge in [-0.3, -0.25) is 0 Å². The summed E-state index contributed by atoms with van der Waals surface area (Å²) in [4.78, 5) is 0. The summed E-state index contributed by atoms with van der Waals surface area (Å²) in [5.41, 5.74) is 1.55. The third-order valence-corrected chi connectivity index (χ3v) is 3.77. The molecule has 0 aliphatic rings. The van der Waals surface area contributed by atoms with Crippen LogP contribution in [-0.4, -0.2) is 6.54 Å². The molecule has 0 radical (unpaired) electrons. The average molecular weight is 310 g/mol. The molecule has 1 unspecified atom stereocenters. The summed E-state index contributed by atoms with van der Waals surface area (Å²) in [6, 6.07) is 11.1. The minimum Gasteiger partial charge on any atom is -0.310 e. The van der Waals surface area contributed by atoms with Crippen LogP contribution >= 0.6 is 11.6 Å². The van der Waals surface area contributed by atoms with Crippen molar-refractivity contribution in [2.24, 2.45) is 0 Å². The van der Waals surface area contributed by atoms with Crippen molar-refractivity contribution < 1.29 is 8.78 Å². The van der Waals surface area contributed by atoms with Gasteiger partial charge in [-0.05, 0) is 48.7 Å². The first kappa shape index (κ1) is 15.9. The zero-order chi connectivity index (χ0) is 15.2. The van der Waals surface area contributed by atoms with E-state index >= 15 is 0 Å². The maximum Gasteiger partial charge on any atom is 0.142 e. The molecule has 0 bridgehead atoms. The molecule has 21 heavy (non-hydrogen) atoms. The lowest BCUT2D eigenvalue weighted by molar-refractivity contribution is 0.522. The van der Waals surface area contributed by atoms with Crippen LogP contribution < -0.4 is 5.32 Å². The summed E-state index contributed by atoms with van der Waals surface area (Å²) in [6.07, 6.45) is 1.47. The van der Waals surface area contributed by atoms with Gasteiger partial charge >= 0.3 is 0 Å². The first-order valence-corrected chi connectivity index (χ1v) is 7.41. The molecule has 0 aliphatic carbocycles. The SMILES string of the molecule is CCCNC(Cc1cccc(F)c1Cl)c1cccc(F)c1. The minimum absolute atomic E-state index is 0.0973. The average Bonchev–Trinajstić information content (AvgIpc) is 2.47. The van der Waals surface area contributed by atoms with Crippen LogP contribution in [0.5, 0.6) is 0 Å². The Hall–Kier alpha value is -1.45. The summed E-state index contributed by atoms with van der Waals surface area (Å²) in [7, 11) is 0. The lowest BCUT2D eigenvalue weighted by Crippen LogP contribution is -2.24. The van der Waals surface area contributed by atoms with Gasteiger partial charge in [0.1, 0.15) is 11.6 Å². The third-order valence-electron chi connectivity index (χ3n) is 3.35. The van der Waals surface area contributed by atoms with Crippen LogP contribution in [0, 0.1) is 11.6 Å². The van der Waals surface area contributed by atoms with Gasteiger partial charge in [0.05, 0.1) is 5.02 Å². The van der Waals surface area contributed by atoms with Gasteiger partial charge in [-0.15, -0.1) is 0 Å². The van der Waals surface area contributed by atoms with Crippen LogP contribution in [-0.2, 0) is 6.42 Å². The van der Waals surface area contributed by atoms with Crippen LogP contribution in [0.15, 0.2) is 42.5 Å². The van der Waals surface area contributed by atoms with Crippen molar-refractivity contribution in [3.05, 3.63) is 70.2 Å². The van der Waals surface area contributed by atoms with E-state index in [1.165, 1.54) is 18.2 Å². The molecule has 1 nitrogen and oxygen atoms in total. The van der Waals surface area contributed by atoms with Crippen molar-refractivity contribution in [2.45, 2.75) is 25.8 Å². The summed E-state index contributed by atoms with van der Waals surface area (Å²) in [6.45, 7) is 2.86. The number of hydrogen-bond acceptors (Lipinski definition) is 1. The predicted molar refractivity (Wildman–Crippen MR) is 82.5 cm³/mol. The Morgan fingerprint density at radius 1 is 1.14 bits per heavy atom. The van der Waals surface area contributed by atoms with Gasteiger partial charge in [-0.25, -0.2) is 8.78 Å². The molecular formula is C17H18ClF2N. The van der Waals surface area contributed by atoms with Gasteiger partial charge in [0.15, 0.2) is 0 Å². The molecule has 0 fully saturated rings. The van der Waals surface area contributed by atoms with Crippen molar-refractivity contribution in [3.8, 4) is 0 Å². The summed E-state index contributed by atoms with van der Waals surface area (Å²) >= 11 is 6.01. The van der Waals surface area contributed by atoms with Gasteiger partial charge in [0.25, 0.3) is 0 Å². The highest BCUT2D eigenvalue weighted by atomic mass is 35.5. The monoisotopic (exact) mass is 309 g/mol. The lowest BCUT2D eigenvalue weighted by Gasteiger charge is -2.20. The summed E-state index contributed by atoms with van der Waals surface area (Å²) < 4.78 is 27.0. The molecule has 0 amide bonds. The molecule has 2 rings (SSSR count). The molecule has 1 atom stereocenters. The highest BCUT2D eigenvalue weighted by Gasteiger charge is 2.15. The summed E-state index contributed by atoms with van der Waals surface area (Å²) in [5.74, 6) is -0.705. The topological polar surface area (TPSA) is 12.0 Å². The molecule has 0 spiro atoms. The molecule has 1 N–H and O–H groups in total. The van der Waals surface area contributed by atoms with Gasteiger partial charge in [-0.1, -0.05) is 42.8 Å². The molecule has 0 saturated heterocycles. The second kappa shape index (κ2) is 7.53. The van der Waals surface area contributed by atoms with Crippen molar-refractivity contribution in [2.75, 3.05) is 6.54 Å². The van der Waals surface area contributed by atoms with E-state index in [9.17, 15) is 8.78 Å². The molecule has 2 aromatic rings. The van der Waals surface area contributed by atoms with Crippen LogP contribution in [0.25, 0.3) is 0 Å². The molecule has 2 aromatic carbocycles. The number of halogens is 3. The molecule has 0 heterocycles. The Labute approximate surface area is 128 Å². The van der Waals surface area contributed by atoms with Crippen LogP contribution in [0.4, 0.5) is 8.78 Å². The maximum absolute atomic E-state index is 13.5. The van der Waals surface area contributed by atoms with Crippen molar-refractivity contribution in [1.29, 1.82) is 0 Å². The quantitative estimate of drug-likeness (QED) is 0.800. The Balaban J connectivity index is 2.26. The second-order valence-corrected chi connectivity index (χ2v) is 5.36. The summed E-state index contributed by atoms with van der Waals surface area (Å²) in [5, 5.41) is 3.50. The van der Waals surface area contributed by atoms with Crippen molar-refractivity contribution in [1.82, 2.24) is 5.32 Å². The normalized spacial score (nSPS) is 12.4. The number of benzene rings is 2. The van der Waals surface area contributed by atoms with Crippen LogP contribution in [0.1, 0.15) is 30.5 Å². The standard InChI is InChI=1S/C17H18ClF2N/c1-2-9-21-16(12-5-3-7-14(19)10-12)11-13-6-4-8-15(20)17(13)18/h3-8,10,16,21H,2,9,11H2,1H3. The number of hydrogen-bond donors (Lipinski definition) is 1. The Kier molecular flexibility index (Phi) is 5.71. The van der Waals surface area contributed by atoms with E-state index in [4.69, 9.17) is 11.6 Å². The Morgan fingerprint density at radius 2 is 1.90 bits per heavy atom. The zero-order valence-electron chi connectivity index (χ0n) is 11.9. The molecule has 4 heteroatoms. The van der Waals surface area contributed by atoms with Crippen molar-refractivity contribution >= 4 is 11.6 Å². The first-order valence-electron chi connectivity index (χ1n) is 7.03. The first-order chi connectivity index (χ1) is 10.1. The van der Waals surface area contributed by atoms with E-state index in [0.29, 0.717) is 6.42 Å². The molecular weight excluding hydrogens is 292 g/mol. The molecule has 0 aliphatic heterocycles. The van der Waals surface area contributed by atoms with E-state index < -0.39 is 5.82 Å². The fourth-order valence-electron chi connectivity index (χ4n) is 2.28. The molecule has 0 saturated carbocycles. The number of rotatable bonds is 6. The van der Waals surface area contributed by atoms with E-state index in [-0.39, 0.29) is 16.9 Å². The van der Waals surface area contributed by atoms with Crippen molar-refractivity contribution in [3.63, 3.8) is 0 Å². The van der Waals surface area contributed by atoms with Gasteiger partial charge in [0, 0.05) is 6.04 Å². The number of nitrogens with one attached hydrogen (secondary N) is 1. The highest BCUT2D eigenvalue weighted by Crippen LogP contribution is 2.26. The minimum atomic E-state index is -0.428. The van der Waals surface area contributed by atoms with E-state index in [0.717, 1.165) is 24.1 Å². The Morgan fingerprint density at radius 3 is 2.62 bits per heavy atom. The zero-order valence-corrected chi connectivity index (χ0v) is 12.6. The van der Waals surface area contributed by atoms with E-state index in [2.05, 4.69) is 12.2 Å². The Bertz CT molecular complexity index is 601. The maximum atomic E-state index is 13.5. The lowest BCUT2D eigenvalue weighted by atomic mass is 9.98. The smallest absolute Gasteiger partial charge is 0.142 e. The second-order valence-electron chi connectivity index (χ2n) is 4.98. The fraction of sp³-hybridized carbons (Fsp3) is 0.294. The third kappa shape index (κ3) is 4.26. The van der Waals surface area contributed by atoms with Crippen LogP contribution in [0.2, 0.25) is 5.02 Å². The molecule has 0 aromatic heterocycles. The largest absolute Gasteiger partial charge is 0.310 e. The molecule has 112 valence electrons. The van der Waals surface area contributed by atoms with E-state index in [1.807, 2.05) is 6.07 Å². The van der Waals surface area contributed by atoms with Gasteiger partial charge in [0.2, 0.25) is 0 Å². The van der Waals surface area contributed by atoms with Gasteiger partial charge < -0.3 is 5.32 Å². The van der Waals surface area contributed by atoms with E-state index in [1.54, 1.807) is 18.2 Å². The predicted octanol–water partition coefficient (Wildman–Crippen LogP) is 4.90. The van der Waals surface area contributed by atoms with Crippen LogP contribution in [0.3, 0.4) is 0 Å². The van der Waals surface area contributed by atoms with Gasteiger partial charge in [-0.2, -0.15) is 0 Å².